The van der Waals surface area contributed by atoms with Crippen LogP contribution in [-0.4, -0.2) is 43.1 Å². The summed E-state index contributed by atoms with van der Waals surface area (Å²) < 4.78 is 13.0. The van der Waals surface area contributed by atoms with Crippen LogP contribution in [0.5, 0.6) is 0 Å². The van der Waals surface area contributed by atoms with Crippen molar-refractivity contribution in [3.05, 3.63) is 35.6 Å². The van der Waals surface area contributed by atoms with Crippen molar-refractivity contribution in [1.29, 1.82) is 0 Å². The van der Waals surface area contributed by atoms with Gasteiger partial charge in [0.15, 0.2) is 5.96 Å². The zero-order chi connectivity index (χ0) is 17.5. The fourth-order valence-electron chi connectivity index (χ4n) is 3.36. The molecule has 146 valence electrons. The average Bonchev–Trinajstić information content (AvgIpc) is 3.43. The lowest BCUT2D eigenvalue weighted by Crippen LogP contribution is -2.48. The van der Waals surface area contributed by atoms with Crippen molar-refractivity contribution in [2.75, 3.05) is 26.2 Å². The number of nitrogens with zero attached hydrogens (tertiary/aromatic N) is 2. The molecule has 1 saturated heterocycles. The number of rotatable bonds is 7. The summed E-state index contributed by atoms with van der Waals surface area (Å²) in [6.45, 7) is 6.99. The Bertz CT molecular complexity index is 551. The van der Waals surface area contributed by atoms with E-state index < -0.39 is 0 Å². The van der Waals surface area contributed by atoms with Crippen LogP contribution in [-0.2, 0) is 6.54 Å². The third-order valence-corrected chi connectivity index (χ3v) is 5.10. The second-order valence-electron chi connectivity index (χ2n) is 7.31. The molecule has 0 atom stereocenters. The van der Waals surface area contributed by atoms with E-state index in [1.165, 1.54) is 24.8 Å². The van der Waals surface area contributed by atoms with Gasteiger partial charge in [0.25, 0.3) is 0 Å². The third kappa shape index (κ3) is 7.39. The third-order valence-electron chi connectivity index (χ3n) is 5.10. The monoisotopic (exact) mass is 474 g/mol. The first-order valence-corrected chi connectivity index (χ1v) is 9.74. The van der Waals surface area contributed by atoms with Crippen LogP contribution in [0.4, 0.5) is 4.39 Å². The highest BCUT2D eigenvalue weighted by Gasteiger charge is 2.21. The van der Waals surface area contributed by atoms with Gasteiger partial charge >= 0.3 is 0 Å². The molecule has 3 rings (SSSR count). The van der Waals surface area contributed by atoms with Gasteiger partial charge in [-0.1, -0.05) is 25.0 Å². The molecule has 4 nitrogen and oxygen atoms in total. The molecule has 6 heteroatoms. The Morgan fingerprint density at radius 1 is 1.15 bits per heavy atom. The van der Waals surface area contributed by atoms with E-state index in [0.29, 0.717) is 6.04 Å². The summed E-state index contributed by atoms with van der Waals surface area (Å²) in [4.78, 5) is 7.18. The first-order chi connectivity index (χ1) is 12.2. The number of guanidine groups is 1. The van der Waals surface area contributed by atoms with Crippen LogP contribution in [0.25, 0.3) is 0 Å². The van der Waals surface area contributed by atoms with Crippen LogP contribution in [0.3, 0.4) is 0 Å². The van der Waals surface area contributed by atoms with E-state index in [2.05, 4.69) is 22.5 Å². The normalized spacial score (nSPS) is 19.1. The summed E-state index contributed by atoms with van der Waals surface area (Å²) in [5.41, 5.74) is 1.18. The maximum Gasteiger partial charge on any atom is 0.191 e. The van der Waals surface area contributed by atoms with Crippen molar-refractivity contribution in [2.45, 2.75) is 51.6 Å². The molecule has 0 unspecified atom stereocenters. The fourth-order valence-corrected chi connectivity index (χ4v) is 3.36. The maximum atomic E-state index is 13.0. The summed E-state index contributed by atoms with van der Waals surface area (Å²) in [7, 11) is 0. The van der Waals surface area contributed by atoms with Gasteiger partial charge in [-0.2, -0.15) is 0 Å². The quantitative estimate of drug-likeness (QED) is 0.359. The van der Waals surface area contributed by atoms with Gasteiger partial charge in [0, 0.05) is 38.8 Å². The molecule has 0 bridgehead atoms. The smallest absolute Gasteiger partial charge is 0.191 e. The molecule has 2 N–H and O–H groups in total. The molecule has 0 amide bonds. The Kier molecular flexibility index (Phi) is 9.11. The van der Waals surface area contributed by atoms with Crippen LogP contribution < -0.4 is 10.6 Å². The molecule has 1 aliphatic heterocycles. The van der Waals surface area contributed by atoms with E-state index in [-0.39, 0.29) is 29.8 Å². The second kappa shape index (κ2) is 11.1. The average molecular weight is 474 g/mol. The molecule has 0 radical (unpaired) electrons. The Balaban J connectivity index is 0.00000243. The van der Waals surface area contributed by atoms with Gasteiger partial charge in [-0.05, 0) is 49.8 Å². The van der Waals surface area contributed by atoms with E-state index in [0.717, 1.165) is 57.4 Å². The van der Waals surface area contributed by atoms with Crippen LogP contribution in [0, 0.1) is 11.7 Å². The first kappa shape index (κ1) is 21.4. The number of nitrogens with one attached hydrogen (secondary N) is 2. The zero-order valence-electron chi connectivity index (χ0n) is 15.7. The Morgan fingerprint density at radius 2 is 1.85 bits per heavy atom. The van der Waals surface area contributed by atoms with Gasteiger partial charge in [0.05, 0.1) is 0 Å². The van der Waals surface area contributed by atoms with Crippen molar-refractivity contribution in [3.63, 3.8) is 0 Å². The number of hydrogen-bond acceptors (Lipinski definition) is 2. The molecular formula is C20H32FIN4. The second-order valence-corrected chi connectivity index (χ2v) is 7.31. The van der Waals surface area contributed by atoms with E-state index in [1.807, 2.05) is 12.1 Å². The molecule has 1 aliphatic carbocycles. The van der Waals surface area contributed by atoms with Crippen molar-refractivity contribution in [1.82, 2.24) is 15.5 Å². The zero-order valence-corrected chi connectivity index (χ0v) is 18.0. The Labute approximate surface area is 174 Å². The lowest BCUT2D eigenvalue weighted by Gasteiger charge is -2.33. The van der Waals surface area contributed by atoms with Crippen LogP contribution in [0.2, 0.25) is 0 Å². The minimum absolute atomic E-state index is 0. The highest BCUT2D eigenvalue weighted by molar-refractivity contribution is 14.0. The number of likely N-dealkylation sites (tertiary alicyclic amines) is 1. The fraction of sp³-hybridized carbons (Fsp3) is 0.650. The van der Waals surface area contributed by atoms with Gasteiger partial charge < -0.3 is 10.6 Å². The van der Waals surface area contributed by atoms with Crippen LogP contribution >= 0.6 is 24.0 Å². The lowest BCUT2D eigenvalue weighted by molar-refractivity contribution is 0.198. The molecular weight excluding hydrogens is 442 g/mol. The number of halogens is 2. The molecule has 1 aromatic carbocycles. The summed E-state index contributed by atoms with van der Waals surface area (Å²) >= 11 is 0. The van der Waals surface area contributed by atoms with E-state index in [1.54, 1.807) is 12.1 Å². The van der Waals surface area contributed by atoms with Crippen molar-refractivity contribution in [2.24, 2.45) is 10.9 Å². The summed E-state index contributed by atoms with van der Waals surface area (Å²) in [6.07, 6.45) is 6.26. The van der Waals surface area contributed by atoms with E-state index >= 15 is 0 Å². The Hall–Kier alpha value is -0.890. The predicted octanol–water partition coefficient (Wildman–Crippen LogP) is 3.76. The molecule has 1 saturated carbocycles. The van der Waals surface area contributed by atoms with Crippen LogP contribution in [0.1, 0.15) is 44.6 Å². The van der Waals surface area contributed by atoms with Crippen molar-refractivity contribution in [3.8, 4) is 0 Å². The lowest BCUT2D eigenvalue weighted by atomic mass is 10.0. The largest absolute Gasteiger partial charge is 0.357 e. The van der Waals surface area contributed by atoms with E-state index in [9.17, 15) is 4.39 Å². The van der Waals surface area contributed by atoms with Gasteiger partial charge in [-0.25, -0.2) is 4.39 Å². The molecule has 2 aliphatic rings. The molecule has 0 aromatic heterocycles. The minimum Gasteiger partial charge on any atom is -0.357 e. The molecule has 1 aromatic rings. The highest BCUT2D eigenvalue weighted by atomic mass is 127. The van der Waals surface area contributed by atoms with Gasteiger partial charge in [-0.15, -0.1) is 24.0 Å². The van der Waals surface area contributed by atoms with Crippen LogP contribution in [0.15, 0.2) is 29.3 Å². The van der Waals surface area contributed by atoms with Gasteiger partial charge in [0.2, 0.25) is 0 Å². The highest BCUT2D eigenvalue weighted by Crippen LogP contribution is 2.32. The van der Waals surface area contributed by atoms with E-state index in [4.69, 9.17) is 4.99 Å². The van der Waals surface area contributed by atoms with Gasteiger partial charge in [-0.3, -0.25) is 9.89 Å². The molecule has 2 fully saturated rings. The minimum atomic E-state index is -0.163. The number of aliphatic imine (C=N–C) groups is 1. The standard InChI is InChI=1S/C20H31FN4.HI/c1-2-22-20(23-12-9-16-3-4-16)24-19-10-13-25(14-11-19)15-17-5-7-18(21)8-6-17;/h5-8,16,19H,2-4,9-15H2,1H3,(H2,22,23,24);1H. The number of benzene rings is 1. The Morgan fingerprint density at radius 3 is 2.46 bits per heavy atom. The first-order valence-electron chi connectivity index (χ1n) is 9.74. The predicted molar refractivity (Wildman–Crippen MR) is 117 cm³/mol. The molecule has 26 heavy (non-hydrogen) atoms. The topological polar surface area (TPSA) is 39.7 Å². The summed E-state index contributed by atoms with van der Waals surface area (Å²) in [5, 5.41) is 6.98. The summed E-state index contributed by atoms with van der Waals surface area (Å²) in [6, 6.07) is 7.35. The maximum absolute atomic E-state index is 13.0. The number of hydrogen-bond donors (Lipinski definition) is 2. The summed E-state index contributed by atoms with van der Waals surface area (Å²) in [5.74, 6) is 1.74. The van der Waals surface area contributed by atoms with Gasteiger partial charge in [0.1, 0.15) is 5.82 Å². The number of piperidine rings is 1. The van der Waals surface area contributed by atoms with Crippen molar-refractivity contribution >= 4 is 29.9 Å². The SMILES string of the molecule is CCNC(=NCCC1CC1)NC1CCN(Cc2ccc(F)cc2)CC1.I. The van der Waals surface area contributed by atoms with Crippen molar-refractivity contribution < 1.29 is 4.39 Å². The molecule has 1 heterocycles. The molecule has 0 spiro atoms.